The van der Waals surface area contributed by atoms with E-state index < -0.39 is 0 Å². The van der Waals surface area contributed by atoms with Crippen LogP contribution in [0.4, 0.5) is 0 Å². The monoisotopic (exact) mass is 384 g/mol. The minimum atomic E-state index is 0.161. The molecule has 3 heterocycles. The van der Waals surface area contributed by atoms with Gasteiger partial charge in [0.25, 0.3) is 0 Å². The number of hydrogen-bond acceptors (Lipinski definition) is 5. The predicted octanol–water partition coefficient (Wildman–Crippen LogP) is 2.60. The van der Waals surface area contributed by atoms with Crippen LogP contribution in [0.25, 0.3) is 4.96 Å². The molecule has 1 saturated heterocycles. The van der Waals surface area contributed by atoms with Crippen molar-refractivity contribution in [3.63, 3.8) is 0 Å². The number of thiazole rings is 1. The summed E-state index contributed by atoms with van der Waals surface area (Å²) in [6.45, 7) is 6.22. The Morgan fingerprint density at radius 1 is 1.26 bits per heavy atom. The summed E-state index contributed by atoms with van der Waals surface area (Å²) in [5, 5.41) is 2.00. The fourth-order valence-electron chi connectivity index (χ4n) is 3.56. The highest BCUT2D eigenvalue weighted by atomic mass is 32.1. The standard InChI is InChI=1S/C20H24N4O2S/c1-15-3-4-18(26-2)16(11-15)13-22-5-7-23(8-6-22)19(25)12-17-14-24-9-10-27-20(24)21-17/h3-4,9-11,14H,5-8,12-13H2,1-2H3. The Hall–Kier alpha value is -2.38. The van der Waals surface area contributed by atoms with Gasteiger partial charge >= 0.3 is 0 Å². The zero-order valence-electron chi connectivity index (χ0n) is 15.7. The number of hydrogen-bond donors (Lipinski definition) is 0. The lowest BCUT2D eigenvalue weighted by Gasteiger charge is -2.35. The summed E-state index contributed by atoms with van der Waals surface area (Å²) in [4.78, 5) is 22.4. The predicted molar refractivity (Wildman–Crippen MR) is 106 cm³/mol. The molecule has 1 aromatic carbocycles. The van der Waals surface area contributed by atoms with Gasteiger partial charge < -0.3 is 9.64 Å². The molecule has 3 aromatic rings. The number of ether oxygens (including phenoxy) is 1. The van der Waals surface area contributed by atoms with Crippen LogP contribution in [-0.2, 0) is 17.8 Å². The smallest absolute Gasteiger partial charge is 0.228 e. The van der Waals surface area contributed by atoms with Gasteiger partial charge in [0.2, 0.25) is 5.91 Å². The molecule has 0 spiro atoms. The van der Waals surface area contributed by atoms with Gasteiger partial charge in [-0.1, -0.05) is 17.7 Å². The van der Waals surface area contributed by atoms with E-state index in [1.807, 2.05) is 33.1 Å². The Bertz CT molecular complexity index is 912. The third kappa shape index (κ3) is 3.99. The first-order chi connectivity index (χ1) is 13.1. The van der Waals surface area contributed by atoms with Gasteiger partial charge in [-0.2, -0.15) is 0 Å². The van der Waals surface area contributed by atoms with E-state index in [9.17, 15) is 4.79 Å². The Labute approximate surface area is 163 Å². The Kier molecular flexibility index (Phi) is 5.13. The molecule has 27 heavy (non-hydrogen) atoms. The molecule has 6 nitrogen and oxygen atoms in total. The average Bonchev–Trinajstić information content (AvgIpc) is 3.24. The molecule has 0 saturated carbocycles. The molecule has 1 aliphatic heterocycles. The molecular weight excluding hydrogens is 360 g/mol. The Balaban J connectivity index is 1.32. The molecule has 2 aromatic heterocycles. The number of benzene rings is 1. The van der Waals surface area contributed by atoms with Gasteiger partial charge in [0.05, 0.1) is 19.2 Å². The number of imidazole rings is 1. The van der Waals surface area contributed by atoms with E-state index in [0.717, 1.165) is 49.1 Å². The maximum atomic E-state index is 12.6. The highest BCUT2D eigenvalue weighted by Gasteiger charge is 2.22. The maximum Gasteiger partial charge on any atom is 0.228 e. The van der Waals surface area contributed by atoms with Crippen LogP contribution in [0.2, 0.25) is 0 Å². The summed E-state index contributed by atoms with van der Waals surface area (Å²) in [5.74, 6) is 1.09. The number of carbonyl (C=O) groups excluding carboxylic acids is 1. The van der Waals surface area contributed by atoms with Gasteiger partial charge in [-0.05, 0) is 13.0 Å². The summed E-state index contributed by atoms with van der Waals surface area (Å²) in [6, 6.07) is 6.28. The lowest BCUT2D eigenvalue weighted by molar-refractivity contribution is -0.132. The van der Waals surface area contributed by atoms with Crippen molar-refractivity contribution in [3.8, 4) is 5.75 Å². The van der Waals surface area contributed by atoms with Gasteiger partial charge in [0, 0.05) is 56.1 Å². The fraction of sp³-hybridized carbons (Fsp3) is 0.400. The van der Waals surface area contributed by atoms with Crippen LogP contribution in [0.1, 0.15) is 16.8 Å². The largest absolute Gasteiger partial charge is 0.496 e. The number of piperazine rings is 1. The van der Waals surface area contributed by atoms with E-state index in [4.69, 9.17) is 4.74 Å². The molecular formula is C20H24N4O2S. The molecule has 142 valence electrons. The highest BCUT2D eigenvalue weighted by Crippen LogP contribution is 2.22. The molecule has 0 N–H and O–H groups in total. The fourth-order valence-corrected chi connectivity index (χ4v) is 4.27. The number of rotatable bonds is 5. The van der Waals surface area contributed by atoms with E-state index in [1.165, 1.54) is 11.1 Å². The number of fused-ring (bicyclic) bond motifs is 1. The number of aryl methyl sites for hydroxylation is 1. The van der Waals surface area contributed by atoms with Crippen LogP contribution in [0.3, 0.4) is 0 Å². The van der Waals surface area contributed by atoms with E-state index in [2.05, 4.69) is 28.9 Å². The number of aromatic nitrogens is 2. The van der Waals surface area contributed by atoms with Crippen molar-refractivity contribution < 1.29 is 9.53 Å². The van der Waals surface area contributed by atoms with Crippen molar-refractivity contribution in [2.75, 3.05) is 33.3 Å². The van der Waals surface area contributed by atoms with Crippen LogP contribution in [-0.4, -0.2) is 58.4 Å². The third-order valence-electron chi connectivity index (χ3n) is 5.03. The van der Waals surface area contributed by atoms with Crippen LogP contribution >= 0.6 is 11.3 Å². The van der Waals surface area contributed by atoms with Crippen molar-refractivity contribution in [2.45, 2.75) is 19.9 Å². The lowest BCUT2D eigenvalue weighted by atomic mass is 10.1. The molecule has 0 unspecified atom stereocenters. The lowest BCUT2D eigenvalue weighted by Crippen LogP contribution is -2.48. The number of carbonyl (C=O) groups is 1. The summed E-state index contributed by atoms with van der Waals surface area (Å²) < 4.78 is 7.46. The topological polar surface area (TPSA) is 50.1 Å². The summed E-state index contributed by atoms with van der Waals surface area (Å²) in [6.07, 6.45) is 4.30. The summed E-state index contributed by atoms with van der Waals surface area (Å²) in [7, 11) is 1.71. The van der Waals surface area contributed by atoms with Crippen molar-refractivity contribution in [2.24, 2.45) is 0 Å². The second-order valence-electron chi connectivity index (χ2n) is 6.97. The van der Waals surface area contributed by atoms with Crippen LogP contribution in [0.15, 0.2) is 36.0 Å². The van der Waals surface area contributed by atoms with Gasteiger partial charge in [-0.15, -0.1) is 11.3 Å². The summed E-state index contributed by atoms with van der Waals surface area (Å²) >= 11 is 1.59. The average molecular weight is 385 g/mol. The van der Waals surface area contributed by atoms with E-state index in [-0.39, 0.29) is 5.91 Å². The molecule has 4 rings (SSSR count). The minimum Gasteiger partial charge on any atom is -0.496 e. The van der Waals surface area contributed by atoms with E-state index >= 15 is 0 Å². The number of methoxy groups -OCH3 is 1. The van der Waals surface area contributed by atoms with Crippen molar-refractivity contribution in [3.05, 3.63) is 52.8 Å². The molecule has 7 heteroatoms. The molecule has 1 fully saturated rings. The molecule has 1 aliphatic rings. The second-order valence-corrected chi connectivity index (χ2v) is 7.85. The van der Waals surface area contributed by atoms with Crippen LogP contribution in [0.5, 0.6) is 5.75 Å². The van der Waals surface area contributed by atoms with Gasteiger partial charge in [-0.3, -0.25) is 14.1 Å². The molecule has 0 aliphatic carbocycles. The Morgan fingerprint density at radius 2 is 2.07 bits per heavy atom. The Morgan fingerprint density at radius 3 is 2.81 bits per heavy atom. The summed E-state index contributed by atoms with van der Waals surface area (Å²) in [5.41, 5.74) is 3.29. The molecule has 0 radical (unpaired) electrons. The first-order valence-electron chi connectivity index (χ1n) is 9.17. The van der Waals surface area contributed by atoms with Crippen LogP contribution < -0.4 is 4.74 Å². The van der Waals surface area contributed by atoms with Gasteiger partial charge in [0.15, 0.2) is 4.96 Å². The van der Waals surface area contributed by atoms with E-state index in [0.29, 0.717) is 6.42 Å². The van der Waals surface area contributed by atoms with E-state index in [1.54, 1.807) is 18.4 Å². The highest BCUT2D eigenvalue weighted by molar-refractivity contribution is 7.15. The SMILES string of the molecule is COc1ccc(C)cc1CN1CCN(C(=O)Cc2cn3ccsc3n2)CC1. The zero-order chi connectivity index (χ0) is 18.8. The van der Waals surface area contributed by atoms with Gasteiger partial charge in [0.1, 0.15) is 5.75 Å². The maximum absolute atomic E-state index is 12.6. The minimum absolute atomic E-state index is 0.161. The van der Waals surface area contributed by atoms with Gasteiger partial charge in [-0.25, -0.2) is 4.98 Å². The van der Waals surface area contributed by atoms with Crippen molar-refractivity contribution in [1.82, 2.24) is 19.2 Å². The normalized spacial score (nSPS) is 15.4. The van der Waals surface area contributed by atoms with Crippen LogP contribution in [0, 0.1) is 6.92 Å². The first kappa shape index (κ1) is 18.0. The van der Waals surface area contributed by atoms with Crippen molar-refractivity contribution >= 4 is 22.2 Å². The zero-order valence-corrected chi connectivity index (χ0v) is 16.5. The number of nitrogens with zero attached hydrogens (tertiary/aromatic N) is 4. The molecule has 1 amide bonds. The first-order valence-corrected chi connectivity index (χ1v) is 10.0. The molecule has 0 bridgehead atoms. The van der Waals surface area contributed by atoms with Crippen molar-refractivity contribution in [1.29, 1.82) is 0 Å². The third-order valence-corrected chi connectivity index (χ3v) is 5.80. The molecule has 0 atom stereocenters. The quantitative estimate of drug-likeness (QED) is 0.679. The second kappa shape index (κ2) is 7.70. The number of amides is 1.